The number of hydrogen-bond acceptors (Lipinski definition) is 3. The van der Waals surface area contributed by atoms with E-state index in [1.807, 2.05) is 23.7 Å². The lowest BCUT2D eigenvalue weighted by Crippen LogP contribution is -2.49. The number of aliphatic hydroxyl groups is 1. The first-order chi connectivity index (χ1) is 12.5. The van der Waals surface area contributed by atoms with Gasteiger partial charge in [0.15, 0.2) is 0 Å². The third kappa shape index (κ3) is 3.10. The van der Waals surface area contributed by atoms with Crippen LogP contribution < -0.4 is 0 Å². The number of aryl methyl sites for hydroxylation is 1. The minimum Gasteiger partial charge on any atom is -0.385 e. The Balaban J connectivity index is 1.53. The maximum Gasteiger partial charge on any atom is 0.123 e. The second kappa shape index (κ2) is 6.63. The van der Waals surface area contributed by atoms with Gasteiger partial charge >= 0.3 is 0 Å². The second-order valence-electron chi connectivity index (χ2n) is 7.76. The zero-order valence-electron chi connectivity index (χ0n) is 15.2. The first-order valence-electron chi connectivity index (χ1n) is 9.36. The van der Waals surface area contributed by atoms with E-state index >= 15 is 0 Å². The Morgan fingerprint density at radius 2 is 2.08 bits per heavy atom. The molecule has 4 nitrogen and oxygen atoms in total. The van der Waals surface area contributed by atoms with Gasteiger partial charge in [-0.15, -0.1) is 6.58 Å². The molecule has 26 heavy (non-hydrogen) atoms. The fourth-order valence-electron chi connectivity index (χ4n) is 4.72. The number of nitrogens with zero attached hydrogens (tertiary/aromatic N) is 3. The molecule has 2 aliphatic heterocycles. The van der Waals surface area contributed by atoms with Crippen molar-refractivity contribution in [2.45, 2.75) is 63.4 Å². The minimum atomic E-state index is -0.924. The molecule has 2 bridgehead atoms. The Hall–Kier alpha value is -1.98. The van der Waals surface area contributed by atoms with Gasteiger partial charge < -0.3 is 5.11 Å². The van der Waals surface area contributed by atoms with Crippen LogP contribution in [0.2, 0.25) is 0 Å². The third-order valence-corrected chi connectivity index (χ3v) is 6.00. The van der Waals surface area contributed by atoms with Gasteiger partial charge in [-0.05, 0) is 50.3 Å². The third-order valence-electron chi connectivity index (χ3n) is 6.00. The summed E-state index contributed by atoms with van der Waals surface area (Å²) in [5.41, 5.74) is 2.08. The summed E-state index contributed by atoms with van der Waals surface area (Å²) in [6.07, 6.45) is 7.44. The van der Waals surface area contributed by atoms with E-state index in [2.05, 4.69) is 22.8 Å². The SMILES string of the molecule is C=CCn1cc(CN2[C@@H]3CC[C@@H]2CC(O)(c2cccc(F)c2)C3)c(C)n1. The monoisotopic (exact) mass is 355 g/mol. The summed E-state index contributed by atoms with van der Waals surface area (Å²) in [5, 5.41) is 15.8. The molecule has 0 unspecified atom stereocenters. The number of halogens is 1. The van der Waals surface area contributed by atoms with E-state index in [-0.39, 0.29) is 5.82 Å². The summed E-state index contributed by atoms with van der Waals surface area (Å²) in [5.74, 6) is -0.282. The number of benzene rings is 1. The number of piperidine rings is 1. The van der Waals surface area contributed by atoms with Gasteiger partial charge in [0.05, 0.1) is 17.8 Å². The molecule has 1 N–H and O–H groups in total. The number of rotatable bonds is 5. The summed E-state index contributed by atoms with van der Waals surface area (Å²) < 4.78 is 15.6. The number of allylic oxidation sites excluding steroid dienone is 1. The van der Waals surface area contributed by atoms with Crippen LogP contribution in [0.15, 0.2) is 43.1 Å². The Kier molecular flexibility index (Phi) is 4.45. The van der Waals surface area contributed by atoms with Crippen LogP contribution >= 0.6 is 0 Å². The molecule has 3 heterocycles. The Morgan fingerprint density at radius 3 is 2.73 bits per heavy atom. The van der Waals surface area contributed by atoms with Crippen LogP contribution in [0.25, 0.3) is 0 Å². The molecular formula is C21H26FN3O. The fraction of sp³-hybridized carbons (Fsp3) is 0.476. The predicted octanol–water partition coefficient (Wildman–Crippen LogP) is 3.53. The highest BCUT2D eigenvalue weighted by molar-refractivity contribution is 5.26. The van der Waals surface area contributed by atoms with Gasteiger partial charge in [-0.3, -0.25) is 9.58 Å². The molecule has 2 fully saturated rings. The highest BCUT2D eigenvalue weighted by Crippen LogP contribution is 2.46. The molecular weight excluding hydrogens is 329 g/mol. The molecule has 1 aromatic heterocycles. The van der Waals surface area contributed by atoms with E-state index in [9.17, 15) is 9.50 Å². The molecule has 2 aliphatic rings. The predicted molar refractivity (Wildman–Crippen MR) is 99.0 cm³/mol. The van der Waals surface area contributed by atoms with Crippen molar-refractivity contribution >= 4 is 0 Å². The normalized spacial score (nSPS) is 28.4. The van der Waals surface area contributed by atoms with Crippen LogP contribution in [0.4, 0.5) is 4.39 Å². The topological polar surface area (TPSA) is 41.3 Å². The van der Waals surface area contributed by atoms with E-state index in [4.69, 9.17) is 0 Å². The quantitative estimate of drug-likeness (QED) is 0.834. The molecule has 138 valence electrons. The lowest BCUT2D eigenvalue weighted by Gasteiger charge is -2.44. The largest absolute Gasteiger partial charge is 0.385 e. The summed E-state index contributed by atoms with van der Waals surface area (Å²) in [6.45, 7) is 7.39. The van der Waals surface area contributed by atoms with E-state index in [0.29, 0.717) is 37.0 Å². The molecule has 0 aliphatic carbocycles. The summed E-state index contributed by atoms with van der Waals surface area (Å²) in [6, 6.07) is 7.10. The lowest BCUT2D eigenvalue weighted by molar-refractivity contribution is -0.0597. The van der Waals surface area contributed by atoms with E-state index in [1.165, 1.54) is 17.7 Å². The van der Waals surface area contributed by atoms with E-state index in [1.54, 1.807) is 6.07 Å². The second-order valence-corrected chi connectivity index (χ2v) is 7.76. The van der Waals surface area contributed by atoms with Crippen molar-refractivity contribution in [1.82, 2.24) is 14.7 Å². The van der Waals surface area contributed by atoms with Gasteiger partial charge in [-0.25, -0.2) is 4.39 Å². The molecule has 0 radical (unpaired) electrons. The van der Waals surface area contributed by atoms with Crippen LogP contribution in [0, 0.1) is 12.7 Å². The molecule has 2 aromatic rings. The van der Waals surface area contributed by atoms with Gasteiger partial charge in [0.25, 0.3) is 0 Å². The van der Waals surface area contributed by atoms with Crippen LogP contribution in [0.1, 0.15) is 42.5 Å². The molecule has 0 saturated carbocycles. The molecule has 5 heteroatoms. The zero-order valence-corrected chi connectivity index (χ0v) is 15.2. The fourth-order valence-corrected chi connectivity index (χ4v) is 4.72. The standard InChI is InChI=1S/C21H26FN3O/c1-3-9-24-13-16(15(2)23-24)14-25-19-7-8-20(25)12-21(26,11-19)17-5-4-6-18(22)10-17/h3-6,10,13,19-20,26H,1,7-9,11-12,14H2,2H3/t19-,20-/m1/s1. The van der Waals surface area contributed by atoms with Crippen molar-refractivity contribution in [2.75, 3.05) is 0 Å². The van der Waals surface area contributed by atoms with Crippen molar-refractivity contribution < 1.29 is 9.50 Å². The molecule has 0 amide bonds. The van der Waals surface area contributed by atoms with Gasteiger partial charge in [0.2, 0.25) is 0 Å². The molecule has 0 spiro atoms. The highest BCUT2D eigenvalue weighted by atomic mass is 19.1. The highest BCUT2D eigenvalue weighted by Gasteiger charge is 2.48. The van der Waals surface area contributed by atoms with Crippen LogP contribution in [0.5, 0.6) is 0 Å². The van der Waals surface area contributed by atoms with Gasteiger partial charge in [0.1, 0.15) is 5.82 Å². The van der Waals surface area contributed by atoms with Crippen molar-refractivity contribution in [1.29, 1.82) is 0 Å². The Bertz CT molecular complexity index is 801. The van der Waals surface area contributed by atoms with E-state index in [0.717, 1.165) is 25.1 Å². The first-order valence-corrected chi connectivity index (χ1v) is 9.36. The van der Waals surface area contributed by atoms with Crippen LogP contribution in [-0.2, 0) is 18.7 Å². The van der Waals surface area contributed by atoms with E-state index < -0.39 is 5.60 Å². The summed E-state index contributed by atoms with van der Waals surface area (Å²) >= 11 is 0. The minimum absolute atomic E-state index is 0.282. The van der Waals surface area contributed by atoms with Gasteiger partial charge in [-0.1, -0.05) is 18.2 Å². The lowest BCUT2D eigenvalue weighted by atomic mass is 9.80. The Labute approximate surface area is 153 Å². The van der Waals surface area contributed by atoms with Crippen LogP contribution in [0.3, 0.4) is 0 Å². The molecule has 2 saturated heterocycles. The number of hydrogen-bond donors (Lipinski definition) is 1. The van der Waals surface area contributed by atoms with Gasteiger partial charge in [-0.2, -0.15) is 5.10 Å². The Morgan fingerprint density at radius 1 is 1.35 bits per heavy atom. The van der Waals surface area contributed by atoms with Crippen LogP contribution in [-0.4, -0.2) is 31.9 Å². The average Bonchev–Trinajstić information content (AvgIpc) is 3.06. The average molecular weight is 355 g/mol. The first kappa shape index (κ1) is 17.4. The van der Waals surface area contributed by atoms with Crippen molar-refractivity contribution in [3.05, 3.63) is 65.8 Å². The molecule has 4 rings (SSSR count). The summed E-state index contributed by atoms with van der Waals surface area (Å²) in [7, 11) is 0. The number of fused-ring (bicyclic) bond motifs is 2. The van der Waals surface area contributed by atoms with Gasteiger partial charge in [0, 0.05) is 30.4 Å². The van der Waals surface area contributed by atoms with Crippen molar-refractivity contribution in [2.24, 2.45) is 0 Å². The molecule has 2 atom stereocenters. The maximum absolute atomic E-state index is 13.6. The number of aromatic nitrogens is 2. The zero-order chi connectivity index (χ0) is 18.3. The maximum atomic E-state index is 13.6. The van der Waals surface area contributed by atoms with Crippen molar-refractivity contribution in [3.63, 3.8) is 0 Å². The summed E-state index contributed by atoms with van der Waals surface area (Å²) in [4.78, 5) is 2.51. The van der Waals surface area contributed by atoms with Crippen molar-refractivity contribution in [3.8, 4) is 0 Å². The molecule has 1 aromatic carbocycles. The smallest absolute Gasteiger partial charge is 0.123 e.